The number of carbonyl (C=O) groups is 1. The zero-order chi connectivity index (χ0) is 32.9. The Morgan fingerprint density at radius 3 is 2.34 bits per heavy atom. The second-order valence-corrected chi connectivity index (χ2v) is 13.4. The summed E-state index contributed by atoms with van der Waals surface area (Å²) in [5.74, 6) is 1.24. The van der Waals surface area contributed by atoms with Gasteiger partial charge in [-0.15, -0.1) is 0 Å². The molecule has 11 heteroatoms. The Kier molecular flexibility index (Phi) is 10.7. The van der Waals surface area contributed by atoms with Gasteiger partial charge in [-0.3, -0.25) is 24.0 Å². The first-order chi connectivity index (χ1) is 22.7. The molecule has 3 aromatic rings. The van der Waals surface area contributed by atoms with E-state index in [0.717, 1.165) is 38.4 Å². The first-order valence-corrected chi connectivity index (χ1v) is 17.0. The van der Waals surface area contributed by atoms with Gasteiger partial charge >= 0.3 is 0 Å². The van der Waals surface area contributed by atoms with Crippen molar-refractivity contribution in [2.45, 2.75) is 39.0 Å². The van der Waals surface area contributed by atoms with Crippen LogP contribution in [0.15, 0.2) is 71.1 Å². The molecule has 47 heavy (non-hydrogen) atoms. The minimum atomic E-state index is -0.263. The van der Waals surface area contributed by atoms with E-state index >= 15 is 0 Å². The number of benzene rings is 2. The molecule has 0 saturated carbocycles. The minimum absolute atomic E-state index is 0.00200. The molecule has 2 aliphatic heterocycles. The summed E-state index contributed by atoms with van der Waals surface area (Å²) in [5.41, 5.74) is 2.65. The van der Waals surface area contributed by atoms with Crippen molar-refractivity contribution in [1.29, 1.82) is 0 Å². The van der Waals surface area contributed by atoms with Crippen molar-refractivity contribution in [3.05, 3.63) is 87.5 Å². The largest absolute Gasteiger partial charge is 0.484 e. The maximum absolute atomic E-state index is 14.3. The zero-order valence-electron chi connectivity index (χ0n) is 27.6. The highest BCUT2D eigenvalue weighted by molar-refractivity contribution is 6.30. The summed E-state index contributed by atoms with van der Waals surface area (Å²) < 4.78 is 13.9. The molecule has 1 aromatic heterocycles. The molecular formula is C36H45ClN6O4. The average molecular weight is 661 g/mol. The molecule has 0 radical (unpaired) electrons. The first-order valence-electron chi connectivity index (χ1n) is 16.6. The molecule has 1 amide bonds. The summed E-state index contributed by atoms with van der Waals surface area (Å²) >= 11 is 5.96. The van der Waals surface area contributed by atoms with E-state index in [1.54, 1.807) is 24.3 Å². The number of piperazine rings is 2. The standard InChI is InChI=1S/C36H45ClN6O4/c1-26(2)47-33-13-8-27(23-40-16-14-39(3)15-17-40)22-32(33)43-34(38-31-7-5-4-6-30(31)36(43)45)24-41-18-20-42(21-19-41)35(44)25-46-29-11-9-28(37)10-12-29/h4-12,22,26,33H,13-21,23-25H2,1-3H3. The molecule has 2 fully saturated rings. The third kappa shape index (κ3) is 8.31. The number of ether oxygens (including phenoxy) is 2. The second-order valence-electron chi connectivity index (χ2n) is 12.9. The smallest absolute Gasteiger partial charge is 0.265 e. The Balaban J connectivity index is 1.22. The first kappa shape index (κ1) is 33.4. The number of carbonyl (C=O) groups excluding carboxylic acids is 1. The highest BCUT2D eigenvalue weighted by atomic mass is 35.5. The van der Waals surface area contributed by atoms with E-state index in [9.17, 15) is 9.59 Å². The molecule has 2 aromatic carbocycles. The molecule has 1 aliphatic carbocycles. The lowest BCUT2D eigenvalue weighted by molar-refractivity contribution is -0.135. The van der Waals surface area contributed by atoms with Gasteiger partial charge in [0.05, 0.1) is 29.2 Å². The van der Waals surface area contributed by atoms with Crippen molar-refractivity contribution >= 4 is 34.1 Å². The fraction of sp³-hybridized carbons (Fsp3) is 0.472. The molecule has 6 rings (SSSR count). The maximum atomic E-state index is 14.3. The summed E-state index contributed by atoms with van der Waals surface area (Å²) in [6.45, 7) is 12.0. The molecule has 0 spiro atoms. The number of hydrogen-bond acceptors (Lipinski definition) is 8. The Morgan fingerprint density at radius 2 is 1.62 bits per heavy atom. The molecule has 3 heterocycles. The van der Waals surface area contributed by atoms with Crippen molar-refractivity contribution in [2.75, 3.05) is 72.6 Å². The van der Waals surface area contributed by atoms with E-state index < -0.39 is 0 Å². The van der Waals surface area contributed by atoms with Gasteiger partial charge < -0.3 is 19.3 Å². The lowest BCUT2D eigenvalue weighted by atomic mass is 9.99. The number of fused-ring (bicyclic) bond motifs is 1. The molecule has 2 saturated heterocycles. The molecule has 0 bridgehead atoms. The van der Waals surface area contributed by atoms with E-state index in [1.807, 2.05) is 47.6 Å². The number of halogens is 1. The average Bonchev–Trinajstić information content (AvgIpc) is 3.06. The zero-order valence-corrected chi connectivity index (χ0v) is 28.4. The minimum Gasteiger partial charge on any atom is -0.484 e. The molecule has 0 N–H and O–H groups in total. The van der Waals surface area contributed by atoms with E-state index in [4.69, 9.17) is 26.1 Å². The second kappa shape index (κ2) is 15.1. The van der Waals surface area contributed by atoms with Crippen LogP contribution in [0, 0.1) is 0 Å². The lowest BCUT2D eigenvalue weighted by Gasteiger charge is -2.36. The summed E-state index contributed by atoms with van der Waals surface area (Å²) in [7, 11) is 2.17. The maximum Gasteiger partial charge on any atom is 0.265 e. The fourth-order valence-corrected chi connectivity index (χ4v) is 6.56. The number of aromatic nitrogens is 2. The number of rotatable bonds is 10. The summed E-state index contributed by atoms with van der Waals surface area (Å²) in [6, 6.07) is 14.6. The molecule has 250 valence electrons. The normalized spacial score (nSPS) is 20.0. The van der Waals surface area contributed by atoms with E-state index in [1.165, 1.54) is 5.57 Å². The third-order valence-corrected chi connectivity index (χ3v) is 9.32. The Morgan fingerprint density at radius 1 is 0.936 bits per heavy atom. The van der Waals surface area contributed by atoms with Gasteiger partial charge in [0.2, 0.25) is 0 Å². The van der Waals surface area contributed by atoms with Gasteiger partial charge in [-0.2, -0.15) is 0 Å². The molecule has 1 unspecified atom stereocenters. The van der Waals surface area contributed by atoms with Gasteiger partial charge in [-0.25, -0.2) is 4.98 Å². The van der Waals surface area contributed by atoms with Crippen LogP contribution in [0.25, 0.3) is 16.6 Å². The van der Waals surface area contributed by atoms with E-state index in [2.05, 4.69) is 33.9 Å². The van der Waals surface area contributed by atoms with Crippen LogP contribution in [-0.2, 0) is 16.1 Å². The van der Waals surface area contributed by atoms with Crippen molar-refractivity contribution < 1.29 is 14.3 Å². The van der Waals surface area contributed by atoms with Crippen LogP contribution in [0.2, 0.25) is 5.02 Å². The van der Waals surface area contributed by atoms with Crippen molar-refractivity contribution in [3.8, 4) is 5.75 Å². The van der Waals surface area contributed by atoms with Crippen molar-refractivity contribution in [3.63, 3.8) is 0 Å². The highest BCUT2D eigenvalue weighted by Crippen LogP contribution is 2.28. The fourth-order valence-electron chi connectivity index (χ4n) is 6.43. The molecular weight excluding hydrogens is 616 g/mol. The number of para-hydroxylation sites is 1. The predicted molar refractivity (Wildman–Crippen MR) is 186 cm³/mol. The SMILES string of the molecule is CC(C)OC1CC=C(CN2CCN(C)CC2)C=C1n1c(CN2CCN(C(=O)COc3ccc(Cl)cc3)CC2)nc2ccccc2c1=O. The van der Waals surface area contributed by atoms with E-state index in [-0.39, 0.29) is 30.3 Å². The Hall–Kier alpha value is -3.54. The van der Waals surface area contributed by atoms with E-state index in [0.29, 0.717) is 66.6 Å². The van der Waals surface area contributed by atoms with Crippen LogP contribution in [0.4, 0.5) is 0 Å². The van der Waals surface area contributed by atoms with Crippen LogP contribution < -0.4 is 10.3 Å². The predicted octanol–water partition coefficient (Wildman–Crippen LogP) is 3.99. The monoisotopic (exact) mass is 660 g/mol. The lowest BCUT2D eigenvalue weighted by Crippen LogP contribution is -2.50. The van der Waals surface area contributed by atoms with Gasteiger partial charge in [0.1, 0.15) is 17.7 Å². The number of amides is 1. The Bertz CT molecular complexity index is 1670. The third-order valence-electron chi connectivity index (χ3n) is 9.07. The topological polar surface area (TPSA) is 83.4 Å². The van der Waals surface area contributed by atoms with Gasteiger partial charge in [-0.05, 0) is 75.4 Å². The van der Waals surface area contributed by atoms with Crippen LogP contribution in [0.1, 0.15) is 26.1 Å². The van der Waals surface area contributed by atoms with Crippen LogP contribution in [0.3, 0.4) is 0 Å². The van der Waals surface area contributed by atoms with Crippen LogP contribution >= 0.6 is 11.6 Å². The van der Waals surface area contributed by atoms with Gasteiger partial charge in [-0.1, -0.05) is 29.8 Å². The van der Waals surface area contributed by atoms with Crippen molar-refractivity contribution in [2.24, 2.45) is 0 Å². The summed E-state index contributed by atoms with van der Waals surface area (Å²) in [5, 5.41) is 1.21. The Labute approximate surface area is 281 Å². The number of hydrogen-bond donors (Lipinski definition) is 0. The quantitative estimate of drug-likeness (QED) is 0.323. The number of likely N-dealkylation sites (N-methyl/N-ethyl adjacent to an activating group) is 1. The van der Waals surface area contributed by atoms with Gasteiger partial charge in [0.25, 0.3) is 11.5 Å². The van der Waals surface area contributed by atoms with Gasteiger partial charge in [0, 0.05) is 63.9 Å². The molecule has 3 aliphatic rings. The van der Waals surface area contributed by atoms with Crippen LogP contribution in [0.5, 0.6) is 5.75 Å². The highest BCUT2D eigenvalue weighted by Gasteiger charge is 2.28. The summed E-state index contributed by atoms with van der Waals surface area (Å²) in [6.07, 6.45) is 4.86. The van der Waals surface area contributed by atoms with Crippen molar-refractivity contribution in [1.82, 2.24) is 29.2 Å². The number of nitrogens with zero attached hydrogens (tertiary/aromatic N) is 6. The molecule has 1 atom stereocenters. The summed E-state index contributed by atoms with van der Waals surface area (Å²) in [4.78, 5) is 41.2. The molecule has 10 nitrogen and oxygen atoms in total. The van der Waals surface area contributed by atoms with Gasteiger partial charge in [0.15, 0.2) is 6.61 Å². The van der Waals surface area contributed by atoms with Crippen LogP contribution in [-0.4, -0.2) is 120 Å².